The lowest BCUT2D eigenvalue weighted by Gasteiger charge is -2.25. The minimum absolute atomic E-state index is 0.150. The van der Waals surface area contributed by atoms with Crippen molar-refractivity contribution in [2.24, 2.45) is 7.05 Å². The SMILES string of the molecule is COc1cc(N(C)CCN(C)C)c(NC(C)=O)cc1Nc1nccc(-c2cn(C)c3ccccc23)n1. The second-order valence-electron chi connectivity index (χ2n) is 9.04. The van der Waals surface area contributed by atoms with Gasteiger partial charge in [0.1, 0.15) is 5.75 Å². The number of carbonyl (C=O) groups is 1. The highest BCUT2D eigenvalue weighted by atomic mass is 16.5. The fraction of sp³-hybridized carbons (Fsp3) is 0.296. The maximum Gasteiger partial charge on any atom is 0.227 e. The number of rotatable bonds is 9. The maximum absolute atomic E-state index is 12.0. The minimum Gasteiger partial charge on any atom is -0.494 e. The lowest BCUT2D eigenvalue weighted by Crippen LogP contribution is -2.29. The van der Waals surface area contributed by atoms with Gasteiger partial charge in [0, 0.05) is 69.0 Å². The Morgan fingerprint density at radius 3 is 2.58 bits per heavy atom. The molecule has 0 bridgehead atoms. The second kappa shape index (κ2) is 10.7. The normalized spacial score (nSPS) is 11.1. The summed E-state index contributed by atoms with van der Waals surface area (Å²) in [6.45, 7) is 3.15. The number of methoxy groups -OCH3 is 1. The highest BCUT2D eigenvalue weighted by molar-refractivity contribution is 5.96. The van der Waals surface area contributed by atoms with E-state index in [0.29, 0.717) is 23.1 Å². The van der Waals surface area contributed by atoms with Gasteiger partial charge in [-0.3, -0.25) is 4.79 Å². The predicted octanol–water partition coefficient (Wildman–Crippen LogP) is 4.34. The van der Waals surface area contributed by atoms with Crippen LogP contribution in [0.4, 0.5) is 23.0 Å². The van der Waals surface area contributed by atoms with Crippen molar-refractivity contribution in [3.63, 3.8) is 0 Å². The first kappa shape index (κ1) is 25.0. The summed E-state index contributed by atoms with van der Waals surface area (Å²) in [5.41, 5.74) is 5.17. The maximum atomic E-state index is 12.0. The van der Waals surface area contributed by atoms with Gasteiger partial charge in [-0.1, -0.05) is 18.2 Å². The van der Waals surface area contributed by atoms with Gasteiger partial charge in [0.2, 0.25) is 11.9 Å². The number of aromatic nitrogens is 3. The Hall–Kier alpha value is -4.11. The van der Waals surface area contributed by atoms with Crippen molar-refractivity contribution >= 4 is 39.8 Å². The fourth-order valence-corrected chi connectivity index (χ4v) is 4.15. The molecule has 188 valence electrons. The average molecular weight is 488 g/mol. The number of likely N-dealkylation sites (N-methyl/N-ethyl adjacent to an activating group) is 2. The van der Waals surface area contributed by atoms with E-state index in [1.54, 1.807) is 13.3 Å². The van der Waals surface area contributed by atoms with E-state index < -0.39 is 0 Å². The molecule has 1 amide bonds. The molecule has 9 nitrogen and oxygen atoms in total. The number of amides is 1. The minimum atomic E-state index is -0.150. The van der Waals surface area contributed by atoms with Crippen molar-refractivity contribution in [2.45, 2.75) is 6.92 Å². The zero-order valence-electron chi connectivity index (χ0n) is 21.7. The van der Waals surface area contributed by atoms with Gasteiger partial charge in [-0.2, -0.15) is 0 Å². The highest BCUT2D eigenvalue weighted by Gasteiger charge is 2.17. The lowest BCUT2D eigenvalue weighted by molar-refractivity contribution is -0.114. The third-order valence-electron chi connectivity index (χ3n) is 6.00. The number of carbonyl (C=O) groups excluding carboxylic acids is 1. The molecule has 0 aliphatic rings. The number of hydrogen-bond acceptors (Lipinski definition) is 7. The van der Waals surface area contributed by atoms with E-state index >= 15 is 0 Å². The third kappa shape index (κ3) is 5.41. The summed E-state index contributed by atoms with van der Waals surface area (Å²) in [4.78, 5) is 25.4. The Morgan fingerprint density at radius 2 is 1.86 bits per heavy atom. The molecule has 2 aromatic heterocycles. The van der Waals surface area contributed by atoms with Crippen molar-refractivity contribution in [3.05, 3.63) is 54.9 Å². The molecular formula is C27H33N7O2. The van der Waals surface area contributed by atoms with E-state index in [4.69, 9.17) is 9.72 Å². The summed E-state index contributed by atoms with van der Waals surface area (Å²) in [6.07, 6.45) is 3.81. The van der Waals surface area contributed by atoms with Crippen molar-refractivity contribution in [3.8, 4) is 17.0 Å². The zero-order valence-corrected chi connectivity index (χ0v) is 21.7. The summed E-state index contributed by atoms with van der Waals surface area (Å²) in [5, 5.41) is 7.36. The van der Waals surface area contributed by atoms with Crippen LogP contribution in [0.1, 0.15) is 6.92 Å². The summed E-state index contributed by atoms with van der Waals surface area (Å²) < 4.78 is 7.79. The quantitative estimate of drug-likeness (QED) is 0.363. The number of benzene rings is 2. The zero-order chi connectivity index (χ0) is 25.8. The Morgan fingerprint density at radius 1 is 1.08 bits per heavy atom. The van der Waals surface area contributed by atoms with Crippen LogP contribution in [-0.4, -0.2) is 66.7 Å². The second-order valence-corrected chi connectivity index (χ2v) is 9.04. The Kier molecular flexibility index (Phi) is 7.40. The Bertz CT molecular complexity index is 1380. The summed E-state index contributed by atoms with van der Waals surface area (Å²) >= 11 is 0. The van der Waals surface area contributed by atoms with Crippen LogP contribution in [-0.2, 0) is 11.8 Å². The average Bonchev–Trinajstić information content (AvgIpc) is 3.19. The first-order valence-electron chi connectivity index (χ1n) is 11.8. The first-order chi connectivity index (χ1) is 17.3. The number of ether oxygens (including phenoxy) is 1. The van der Waals surface area contributed by atoms with Gasteiger partial charge in [-0.25, -0.2) is 9.97 Å². The van der Waals surface area contributed by atoms with E-state index in [9.17, 15) is 4.79 Å². The van der Waals surface area contributed by atoms with Gasteiger partial charge < -0.3 is 29.7 Å². The summed E-state index contributed by atoms with van der Waals surface area (Å²) in [6, 6.07) is 13.9. The summed E-state index contributed by atoms with van der Waals surface area (Å²) in [7, 11) is 9.70. The number of nitrogens with one attached hydrogen (secondary N) is 2. The molecule has 0 saturated carbocycles. The monoisotopic (exact) mass is 487 g/mol. The molecule has 4 rings (SSSR count). The molecule has 2 aromatic carbocycles. The molecular weight excluding hydrogens is 454 g/mol. The largest absolute Gasteiger partial charge is 0.494 e. The molecule has 0 fully saturated rings. The van der Waals surface area contributed by atoms with Gasteiger partial charge in [0.25, 0.3) is 0 Å². The molecule has 9 heteroatoms. The first-order valence-corrected chi connectivity index (χ1v) is 11.8. The standard InChI is InChI=1S/C27H33N7O2/c1-18(35)29-22-15-23(26(36-6)16-25(22)33(4)14-13-32(2)3)31-27-28-12-11-21(30-27)20-17-34(5)24-10-8-7-9-19(20)24/h7-12,15-17H,13-14H2,1-6H3,(H,29,35)(H,28,30,31). The lowest BCUT2D eigenvalue weighted by atomic mass is 10.1. The molecule has 0 spiro atoms. The van der Waals surface area contributed by atoms with Gasteiger partial charge in [-0.15, -0.1) is 0 Å². The molecule has 0 unspecified atom stereocenters. The molecule has 4 aromatic rings. The molecule has 0 saturated heterocycles. The van der Waals surface area contributed by atoms with Gasteiger partial charge in [-0.05, 0) is 32.3 Å². The number of para-hydroxylation sites is 1. The van der Waals surface area contributed by atoms with E-state index in [1.807, 2.05) is 58.5 Å². The molecule has 0 aliphatic carbocycles. The van der Waals surface area contributed by atoms with Crippen LogP contribution in [0.15, 0.2) is 54.9 Å². The fourth-order valence-electron chi connectivity index (χ4n) is 4.15. The van der Waals surface area contributed by atoms with E-state index in [1.165, 1.54) is 6.92 Å². The van der Waals surface area contributed by atoms with Crippen molar-refractivity contribution in [2.75, 3.05) is 56.9 Å². The number of aryl methyl sites for hydroxylation is 1. The van der Waals surface area contributed by atoms with E-state index in [-0.39, 0.29) is 5.91 Å². The molecule has 0 radical (unpaired) electrons. The third-order valence-corrected chi connectivity index (χ3v) is 6.00. The van der Waals surface area contributed by atoms with E-state index in [0.717, 1.165) is 40.9 Å². The summed E-state index contributed by atoms with van der Waals surface area (Å²) in [5.74, 6) is 0.902. The highest BCUT2D eigenvalue weighted by Crippen LogP contribution is 2.38. The molecule has 2 N–H and O–H groups in total. The van der Waals surface area contributed by atoms with Crippen LogP contribution in [0.2, 0.25) is 0 Å². The number of anilines is 4. The van der Waals surface area contributed by atoms with Crippen molar-refractivity contribution in [1.82, 2.24) is 19.4 Å². The van der Waals surface area contributed by atoms with Crippen molar-refractivity contribution < 1.29 is 9.53 Å². The van der Waals surface area contributed by atoms with E-state index in [2.05, 4.69) is 48.3 Å². The van der Waals surface area contributed by atoms with Gasteiger partial charge >= 0.3 is 0 Å². The topological polar surface area (TPSA) is 87.5 Å². The molecule has 0 atom stereocenters. The number of fused-ring (bicyclic) bond motifs is 1. The number of hydrogen-bond donors (Lipinski definition) is 2. The molecule has 2 heterocycles. The Balaban J connectivity index is 1.70. The van der Waals surface area contributed by atoms with Crippen LogP contribution in [0.5, 0.6) is 5.75 Å². The van der Waals surface area contributed by atoms with Crippen LogP contribution in [0.25, 0.3) is 22.2 Å². The predicted molar refractivity (Wildman–Crippen MR) is 146 cm³/mol. The van der Waals surface area contributed by atoms with Crippen LogP contribution in [0, 0.1) is 0 Å². The molecule has 0 aliphatic heterocycles. The van der Waals surface area contributed by atoms with Crippen molar-refractivity contribution in [1.29, 1.82) is 0 Å². The Labute approximate surface area is 211 Å². The van der Waals surface area contributed by atoms with Crippen LogP contribution < -0.4 is 20.3 Å². The van der Waals surface area contributed by atoms with Gasteiger partial charge in [0.15, 0.2) is 0 Å². The smallest absolute Gasteiger partial charge is 0.227 e. The number of nitrogens with zero attached hydrogens (tertiary/aromatic N) is 5. The van der Waals surface area contributed by atoms with Gasteiger partial charge in [0.05, 0.1) is 29.9 Å². The van der Waals surface area contributed by atoms with Crippen LogP contribution in [0.3, 0.4) is 0 Å². The molecule has 36 heavy (non-hydrogen) atoms. The van der Waals surface area contributed by atoms with Crippen LogP contribution >= 0.6 is 0 Å².